The number of nitrogens with zero attached hydrogens (tertiary/aromatic N) is 2. The SMILES string of the molecule is FC(F)(F)C(C1NCC2CN(Cc3ccc(Cl)cc3N3CCCC3)CC21)C(F)(F)F. The monoisotopic (exact) mass is 455 g/mol. The van der Waals surface area contributed by atoms with E-state index < -0.39 is 30.2 Å². The van der Waals surface area contributed by atoms with Gasteiger partial charge < -0.3 is 10.2 Å². The Balaban J connectivity index is 1.50. The Hall–Kier alpha value is -1.19. The molecular formula is C20H24ClF6N3. The summed E-state index contributed by atoms with van der Waals surface area (Å²) in [6.45, 7) is 3.21. The largest absolute Gasteiger partial charge is 0.402 e. The molecule has 4 rings (SSSR count). The number of rotatable bonds is 4. The number of anilines is 1. The van der Waals surface area contributed by atoms with E-state index in [0.717, 1.165) is 37.2 Å². The van der Waals surface area contributed by atoms with E-state index in [1.165, 1.54) is 0 Å². The van der Waals surface area contributed by atoms with E-state index in [1.54, 1.807) is 6.07 Å². The van der Waals surface area contributed by atoms with Crippen LogP contribution >= 0.6 is 11.6 Å². The third kappa shape index (κ3) is 4.39. The lowest BCUT2D eigenvalue weighted by molar-refractivity contribution is -0.293. The highest BCUT2D eigenvalue weighted by Gasteiger charge is 2.64. The highest BCUT2D eigenvalue weighted by Crippen LogP contribution is 2.47. The topological polar surface area (TPSA) is 18.5 Å². The predicted molar refractivity (Wildman–Crippen MR) is 103 cm³/mol. The first-order valence-corrected chi connectivity index (χ1v) is 10.5. The third-order valence-electron chi connectivity index (χ3n) is 6.60. The molecular weight excluding hydrogens is 432 g/mol. The predicted octanol–water partition coefficient (Wildman–Crippen LogP) is 4.70. The molecule has 3 saturated heterocycles. The van der Waals surface area contributed by atoms with Gasteiger partial charge in [-0.3, -0.25) is 4.90 Å². The van der Waals surface area contributed by atoms with Crippen LogP contribution in [0.5, 0.6) is 0 Å². The Labute approximate surface area is 176 Å². The molecule has 0 radical (unpaired) electrons. The number of halogens is 7. The molecule has 1 N–H and O–H groups in total. The molecule has 0 amide bonds. The van der Waals surface area contributed by atoms with Gasteiger partial charge in [-0.15, -0.1) is 0 Å². The number of hydrogen-bond acceptors (Lipinski definition) is 3. The number of likely N-dealkylation sites (tertiary alicyclic amines) is 1. The third-order valence-corrected chi connectivity index (χ3v) is 6.83. The normalized spacial score (nSPS) is 28.0. The Morgan fingerprint density at radius 2 is 1.70 bits per heavy atom. The van der Waals surface area contributed by atoms with Crippen LogP contribution in [0.1, 0.15) is 18.4 Å². The zero-order chi connectivity index (χ0) is 21.7. The second-order valence-electron chi connectivity index (χ2n) is 8.58. The fourth-order valence-corrected chi connectivity index (χ4v) is 5.47. The van der Waals surface area contributed by atoms with Crippen molar-refractivity contribution in [1.82, 2.24) is 10.2 Å². The van der Waals surface area contributed by atoms with Crippen LogP contribution in [-0.2, 0) is 6.54 Å². The molecule has 0 spiro atoms. The smallest absolute Gasteiger partial charge is 0.371 e. The maximum absolute atomic E-state index is 13.2. The molecule has 1 aromatic carbocycles. The van der Waals surface area contributed by atoms with Gasteiger partial charge >= 0.3 is 12.4 Å². The van der Waals surface area contributed by atoms with Crippen LogP contribution in [0.3, 0.4) is 0 Å². The second kappa shape index (κ2) is 8.06. The van der Waals surface area contributed by atoms with Crippen LogP contribution in [0.15, 0.2) is 18.2 Å². The van der Waals surface area contributed by atoms with E-state index in [2.05, 4.69) is 10.2 Å². The lowest BCUT2D eigenvalue weighted by Gasteiger charge is -2.32. The molecule has 0 aromatic heterocycles. The number of fused-ring (bicyclic) bond motifs is 1. The van der Waals surface area contributed by atoms with Gasteiger partial charge in [0.2, 0.25) is 0 Å². The number of benzene rings is 1. The molecule has 168 valence electrons. The Bertz CT molecular complexity index is 748. The molecule has 3 fully saturated rings. The maximum Gasteiger partial charge on any atom is 0.402 e. The lowest BCUT2D eigenvalue weighted by atomic mass is 9.85. The Morgan fingerprint density at radius 1 is 1.03 bits per heavy atom. The summed E-state index contributed by atoms with van der Waals surface area (Å²) in [7, 11) is 0. The van der Waals surface area contributed by atoms with Gasteiger partial charge in [-0.25, -0.2) is 0 Å². The summed E-state index contributed by atoms with van der Waals surface area (Å²) in [5.41, 5.74) is 2.02. The molecule has 30 heavy (non-hydrogen) atoms. The van der Waals surface area contributed by atoms with E-state index >= 15 is 0 Å². The first kappa shape index (κ1) is 22.0. The second-order valence-corrected chi connectivity index (χ2v) is 9.02. The molecule has 3 heterocycles. The molecule has 0 aliphatic carbocycles. The summed E-state index contributed by atoms with van der Waals surface area (Å²) in [6, 6.07) is 3.95. The van der Waals surface area contributed by atoms with Crippen molar-refractivity contribution >= 4 is 17.3 Å². The van der Waals surface area contributed by atoms with Crippen molar-refractivity contribution in [3.05, 3.63) is 28.8 Å². The summed E-state index contributed by atoms with van der Waals surface area (Å²) in [5, 5.41) is 3.14. The first-order chi connectivity index (χ1) is 14.0. The van der Waals surface area contributed by atoms with Gasteiger partial charge in [-0.1, -0.05) is 17.7 Å². The number of nitrogens with one attached hydrogen (secondary N) is 1. The van der Waals surface area contributed by atoms with Gasteiger partial charge in [-0.2, -0.15) is 26.3 Å². The lowest BCUT2D eigenvalue weighted by Crippen LogP contribution is -2.52. The van der Waals surface area contributed by atoms with Gasteiger partial charge in [0.05, 0.1) is 0 Å². The van der Waals surface area contributed by atoms with E-state index in [-0.39, 0.29) is 19.0 Å². The highest BCUT2D eigenvalue weighted by molar-refractivity contribution is 6.30. The molecule has 0 saturated carbocycles. The van der Waals surface area contributed by atoms with Crippen LogP contribution in [0, 0.1) is 17.8 Å². The van der Waals surface area contributed by atoms with Crippen LogP contribution in [0.25, 0.3) is 0 Å². The van der Waals surface area contributed by atoms with Gasteiger partial charge in [0.25, 0.3) is 0 Å². The minimum atomic E-state index is -5.32. The molecule has 1 aromatic rings. The van der Waals surface area contributed by atoms with Gasteiger partial charge in [0.15, 0.2) is 5.92 Å². The van der Waals surface area contributed by atoms with Crippen LogP contribution in [0.2, 0.25) is 5.02 Å². The fraction of sp³-hybridized carbons (Fsp3) is 0.700. The van der Waals surface area contributed by atoms with Crippen molar-refractivity contribution < 1.29 is 26.3 Å². The summed E-state index contributed by atoms with van der Waals surface area (Å²) < 4.78 is 79.4. The van der Waals surface area contributed by atoms with Crippen LogP contribution in [-0.4, -0.2) is 56.0 Å². The highest BCUT2D eigenvalue weighted by atomic mass is 35.5. The van der Waals surface area contributed by atoms with Crippen molar-refractivity contribution in [3.8, 4) is 0 Å². The minimum absolute atomic E-state index is 0.175. The van der Waals surface area contributed by atoms with Crippen LogP contribution in [0.4, 0.5) is 32.0 Å². The quantitative estimate of drug-likeness (QED) is 0.664. The molecule has 0 bridgehead atoms. The van der Waals surface area contributed by atoms with Crippen molar-refractivity contribution in [3.63, 3.8) is 0 Å². The summed E-state index contributed by atoms with van der Waals surface area (Å²) in [4.78, 5) is 4.22. The van der Waals surface area contributed by atoms with E-state index in [0.29, 0.717) is 18.1 Å². The molecule has 3 aliphatic rings. The standard InChI is InChI=1S/C20H24ClF6N3/c21-14-4-3-12(16(7-14)30-5-1-2-6-30)9-29-10-13-8-28-17(15(13)11-29)18(19(22,23)24)20(25,26)27/h3-4,7,13,15,17-18,28H,1-2,5-6,8-11H2. The number of hydrogen-bond donors (Lipinski definition) is 1. The molecule has 3 atom stereocenters. The van der Waals surface area contributed by atoms with E-state index in [1.807, 2.05) is 17.0 Å². The van der Waals surface area contributed by atoms with E-state index in [4.69, 9.17) is 11.6 Å². The molecule has 3 unspecified atom stereocenters. The van der Waals surface area contributed by atoms with Crippen molar-refractivity contribution in [2.45, 2.75) is 37.8 Å². The maximum atomic E-state index is 13.2. The van der Waals surface area contributed by atoms with E-state index in [9.17, 15) is 26.3 Å². The number of alkyl halides is 6. The van der Waals surface area contributed by atoms with Gasteiger partial charge in [-0.05, 0) is 48.9 Å². The molecule has 3 nitrogen and oxygen atoms in total. The minimum Gasteiger partial charge on any atom is -0.371 e. The fourth-order valence-electron chi connectivity index (χ4n) is 5.30. The molecule has 10 heteroatoms. The van der Waals surface area contributed by atoms with Crippen LogP contribution < -0.4 is 10.2 Å². The Morgan fingerprint density at radius 3 is 2.33 bits per heavy atom. The molecule has 3 aliphatic heterocycles. The summed E-state index contributed by atoms with van der Waals surface area (Å²) >= 11 is 6.17. The average Bonchev–Trinajstić information content (AvgIpc) is 3.33. The average molecular weight is 456 g/mol. The Kier molecular flexibility index (Phi) is 5.91. The van der Waals surface area contributed by atoms with Gasteiger partial charge in [0, 0.05) is 49.5 Å². The zero-order valence-corrected chi connectivity index (χ0v) is 17.0. The van der Waals surface area contributed by atoms with Gasteiger partial charge in [0.1, 0.15) is 0 Å². The summed E-state index contributed by atoms with van der Waals surface area (Å²) in [6.07, 6.45) is -8.47. The van der Waals surface area contributed by atoms with Crippen molar-refractivity contribution in [2.24, 2.45) is 17.8 Å². The zero-order valence-electron chi connectivity index (χ0n) is 16.2. The van der Waals surface area contributed by atoms with Crippen molar-refractivity contribution in [1.29, 1.82) is 0 Å². The van der Waals surface area contributed by atoms with Crippen molar-refractivity contribution in [2.75, 3.05) is 37.6 Å². The first-order valence-electron chi connectivity index (χ1n) is 10.2. The summed E-state index contributed by atoms with van der Waals surface area (Å²) in [5.74, 6) is -4.24.